The van der Waals surface area contributed by atoms with Crippen molar-refractivity contribution in [3.63, 3.8) is 0 Å². The van der Waals surface area contributed by atoms with Crippen LogP contribution < -0.4 is 15.1 Å². The Hall–Kier alpha value is -4.20. The van der Waals surface area contributed by atoms with Gasteiger partial charge in [0.1, 0.15) is 18.0 Å². The molecule has 1 N–H and O–H groups in total. The smallest absolute Gasteiger partial charge is 0.341 e. The zero-order chi connectivity index (χ0) is 24.5. The Morgan fingerprint density at radius 1 is 1.20 bits per heavy atom. The number of rotatable bonds is 6. The predicted octanol–water partition coefficient (Wildman–Crippen LogP) is 4.58. The lowest BCUT2D eigenvalue weighted by atomic mass is 10.1. The van der Waals surface area contributed by atoms with Crippen molar-refractivity contribution in [3.05, 3.63) is 94.2 Å². The van der Waals surface area contributed by atoms with E-state index in [4.69, 9.17) is 4.74 Å². The van der Waals surface area contributed by atoms with Crippen molar-refractivity contribution in [1.29, 1.82) is 0 Å². The fourth-order valence-corrected chi connectivity index (χ4v) is 4.64. The first-order valence-electron chi connectivity index (χ1n) is 11.4. The van der Waals surface area contributed by atoms with Crippen LogP contribution in [0.25, 0.3) is 16.6 Å². The van der Waals surface area contributed by atoms with Gasteiger partial charge in [0.25, 0.3) is 0 Å². The normalized spacial score (nSPS) is 15.5. The molecule has 35 heavy (non-hydrogen) atoms. The minimum Gasteiger partial charge on any atom is -0.477 e. The number of hydrogen-bond donors (Lipinski definition) is 1. The highest BCUT2D eigenvalue weighted by atomic mass is 19.1. The van der Waals surface area contributed by atoms with E-state index in [0.29, 0.717) is 35.9 Å². The summed E-state index contributed by atoms with van der Waals surface area (Å²) in [5, 5.41) is 9.62. The maximum Gasteiger partial charge on any atom is 0.341 e. The topological polar surface area (TPSA) is 84.7 Å². The number of pyridine rings is 2. The summed E-state index contributed by atoms with van der Waals surface area (Å²) in [6.45, 7) is 2.91. The maximum atomic E-state index is 15.4. The van der Waals surface area contributed by atoms with E-state index in [-0.39, 0.29) is 11.4 Å². The molecule has 7 nitrogen and oxygen atoms in total. The SMILES string of the molecule is Cc1cccc(-n2cc(C(=O)O)c(=O)c3cc(F)c(N4CCC[C@@H]4COc4ccccn4)cc32)c1. The fraction of sp³-hybridized carbons (Fsp3) is 0.222. The quantitative estimate of drug-likeness (QED) is 0.441. The van der Waals surface area contributed by atoms with E-state index in [1.54, 1.807) is 22.9 Å². The average Bonchev–Trinajstić information content (AvgIpc) is 3.32. The van der Waals surface area contributed by atoms with Gasteiger partial charge in [-0.25, -0.2) is 14.2 Å². The van der Waals surface area contributed by atoms with Gasteiger partial charge in [-0.15, -0.1) is 0 Å². The van der Waals surface area contributed by atoms with Crippen molar-refractivity contribution < 1.29 is 19.0 Å². The summed E-state index contributed by atoms with van der Waals surface area (Å²) < 4.78 is 22.9. The lowest BCUT2D eigenvalue weighted by molar-refractivity contribution is 0.0695. The number of anilines is 1. The highest BCUT2D eigenvalue weighted by Crippen LogP contribution is 2.32. The van der Waals surface area contributed by atoms with Crippen LogP contribution in [0.2, 0.25) is 0 Å². The van der Waals surface area contributed by atoms with E-state index >= 15 is 4.39 Å². The molecule has 0 amide bonds. The van der Waals surface area contributed by atoms with Crippen LogP contribution in [0.5, 0.6) is 5.88 Å². The highest BCUT2D eigenvalue weighted by molar-refractivity contribution is 5.94. The van der Waals surface area contributed by atoms with Gasteiger partial charge in [0.05, 0.1) is 17.2 Å². The molecule has 1 aliphatic heterocycles. The molecule has 8 heteroatoms. The van der Waals surface area contributed by atoms with Crippen molar-refractivity contribution in [1.82, 2.24) is 9.55 Å². The standard InChI is InChI=1S/C27H24FN3O4/c1-17-6-4-7-18(12-17)31-15-21(27(33)34)26(32)20-13-22(28)24(14-23(20)31)30-11-5-8-19(30)16-35-25-9-2-3-10-29-25/h2-4,6-7,9-10,12-15,19H,5,8,11,16H2,1H3,(H,33,34)/t19-/m1/s1. The van der Waals surface area contributed by atoms with Gasteiger partial charge in [0, 0.05) is 36.1 Å². The molecule has 0 spiro atoms. The molecule has 178 valence electrons. The van der Waals surface area contributed by atoms with E-state index in [1.807, 2.05) is 48.2 Å². The van der Waals surface area contributed by atoms with Crippen LogP contribution in [0.15, 0.2) is 71.8 Å². The Morgan fingerprint density at radius 2 is 2.06 bits per heavy atom. The largest absolute Gasteiger partial charge is 0.477 e. The van der Waals surface area contributed by atoms with Crippen LogP contribution in [0.4, 0.5) is 10.1 Å². The number of carboxylic acids is 1. The summed E-state index contributed by atoms with van der Waals surface area (Å²) >= 11 is 0. The second-order valence-electron chi connectivity index (χ2n) is 8.68. The number of aromatic nitrogens is 2. The maximum absolute atomic E-state index is 15.4. The zero-order valence-electron chi connectivity index (χ0n) is 19.1. The first kappa shape index (κ1) is 22.6. The van der Waals surface area contributed by atoms with E-state index < -0.39 is 22.8 Å². The van der Waals surface area contributed by atoms with E-state index in [1.165, 1.54) is 6.20 Å². The van der Waals surface area contributed by atoms with Crippen LogP contribution in [0.3, 0.4) is 0 Å². The molecule has 2 aromatic carbocycles. The van der Waals surface area contributed by atoms with E-state index in [9.17, 15) is 14.7 Å². The number of halogens is 1. The molecular weight excluding hydrogens is 449 g/mol. The molecule has 1 aliphatic rings. The van der Waals surface area contributed by atoms with Gasteiger partial charge in [0.2, 0.25) is 11.3 Å². The van der Waals surface area contributed by atoms with Gasteiger partial charge in [-0.05, 0) is 55.7 Å². The second-order valence-corrected chi connectivity index (χ2v) is 8.68. The van der Waals surface area contributed by atoms with Crippen molar-refractivity contribution in [2.75, 3.05) is 18.1 Å². The molecule has 1 atom stereocenters. The molecule has 1 fully saturated rings. The molecular formula is C27H24FN3O4. The van der Waals surface area contributed by atoms with E-state index in [0.717, 1.165) is 24.5 Å². The number of aromatic carboxylic acids is 1. The van der Waals surface area contributed by atoms with Crippen molar-refractivity contribution in [2.45, 2.75) is 25.8 Å². The minimum atomic E-state index is -1.35. The van der Waals surface area contributed by atoms with Crippen molar-refractivity contribution in [3.8, 4) is 11.6 Å². The molecule has 4 aromatic rings. The van der Waals surface area contributed by atoms with Crippen LogP contribution in [-0.4, -0.2) is 39.8 Å². The van der Waals surface area contributed by atoms with Gasteiger partial charge in [0.15, 0.2) is 0 Å². The molecule has 3 heterocycles. The first-order chi connectivity index (χ1) is 16.9. The predicted molar refractivity (Wildman–Crippen MR) is 131 cm³/mol. The zero-order valence-corrected chi connectivity index (χ0v) is 19.1. The lowest BCUT2D eigenvalue weighted by Crippen LogP contribution is -2.35. The molecule has 0 bridgehead atoms. The number of hydrogen-bond acceptors (Lipinski definition) is 5. The summed E-state index contributed by atoms with van der Waals surface area (Å²) in [7, 11) is 0. The summed E-state index contributed by atoms with van der Waals surface area (Å²) in [4.78, 5) is 30.8. The van der Waals surface area contributed by atoms with Gasteiger partial charge >= 0.3 is 5.97 Å². The molecule has 0 aliphatic carbocycles. The Kier molecular flexibility index (Phi) is 5.94. The summed E-state index contributed by atoms with van der Waals surface area (Å²) in [6, 6.07) is 15.6. The van der Waals surface area contributed by atoms with E-state index in [2.05, 4.69) is 4.98 Å². The van der Waals surface area contributed by atoms with Crippen LogP contribution >= 0.6 is 0 Å². The molecule has 1 saturated heterocycles. The number of fused-ring (bicyclic) bond motifs is 1. The minimum absolute atomic E-state index is 0.0214. The monoisotopic (exact) mass is 473 g/mol. The molecule has 0 saturated carbocycles. The average molecular weight is 474 g/mol. The number of carbonyl (C=O) groups is 1. The Morgan fingerprint density at radius 3 is 2.80 bits per heavy atom. The van der Waals surface area contributed by atoms with Crippen LogP contribution in [0.1, 0.15) is 28.8 Å². The van der Waals surface area contributed by atoms with Crippen molar-refractivity contribution >= 4 is 22.6 Å². The summed E-state index contributed by atoms with van der Waals surface area (Å²) in [6.07, 6.45) is 4.67. The number of ether oxygens (including phenoxy) is 1. The van der Waals surface area contributed by atoms with Crippen LogP contribution in [-0.2, 0) is 0 Å². The van der Waals surface area contributed by atoms with Gasteiger partial charge in [-0.2, -0.15) is 0 Å². The molecule has 5 rings (SSSR count). The number of benzene rings is 2. The van der Waals surface area contributed by atoms with Gasteiger partial charge in [-0.3, -0.25) is 4.79 Å². The number of nitrogens with zero attached hydrogens (tertiary/aromatic N) is 3. The number of carboxylic acid groups (broad SMARTS) is 1. The Bertz CT molecular complexity index is 1470. The molecule has 2 aromatic heterocycles. The highest BCUT2D eigenvalue weighted by Gasteiger charge is 2.29. The van der Waals surface area contributed by atoms with Crippen LogP contribution in [0, 0.1) is 12.7 Å². The van der Waals surface area contributed by atoms with Gasteiger partial charge < -0.3 is 19.3 Å². The second kappa shape index (κ2) is 9.21. The third-order valence-corrected chi connectivity index (χ3v) is 6.33. The third-order valence-electron chi connectivity index (χ3n) is 6.33. The molecule has 0 unspecified atom stereocenters. The summed E-state index contributed by atoms with van der Waals surface area (Å²) in [5.41, 5.74) is 1.34. The van der Waals surface area contributed by atoms with Crippen molar-refractivity contribution in [2.24, 2.45) is 0 Å². The third kappa shape index (κ3) is 4.35. The molecule has 0 radical (unpaired) electrons. The Labute approximate surface area is 201 Å². The Balaban J connectivity index is 1.61. The summed E-state index contributed by atoms with van der Waals surface area (Å²) in [5.74, 6) is -1.42. The number of aryl methyl sites for hydroxylation is 1. The first-order valence-corrected chi connectivity index (χ1v) is 11.4. The lowest BCUT2D eigenvalue weighted by Gasteiger charge is -2.27. The van der Waals surface area contributed by atoms with Gasteiger partial charge in [-0.1, -0.05) is 18.2 Å². The fourth-order valence-electron chi connectivity index (χ4n) is 4.64.